The molecule has 4 nitrogen and oxygen atoms in total. The Hall–Kier alpha value is -0.160. The van der Waals surface area contributed by atoms with E-state index in [9.17, 15) is 5.11 Å². The van der Waals surface area contributed by atoms with E-state index in [4.69, 9.17) is 5.11 Å². The molecule has 0 aliphatic heterocycles. The van der Waals surface area contributed by atoms with Crippen LogP contribution in [0.2, 0.25) is 0 Å². The monoisotopic (exact) mass is 244 g/mol. The third-order valence-corrected chi connectivity index (χ3v) is 4.06. The molecule has 1 aliphatic rings. The fourth-order valence-electron chi connectivity index (χ4n) is 2.89. The second-order valence-corrected chi connectivity index (χ2v) is 5.79. The van der Waals surface area contributed by atoms with E-state index >= 15 is 0 Å². The summed E-state index contributed by atoms with van der Waals surface area (Å²) in [6.07, 6.45) is 4.39. The SMILES string of the molecule is CC1CCCC(CNCC(O)CO)(N(C)C)C1. The average Bonchev–Trinajstić information content (AvgIpc) is 2.28. The molecular weight excluding hydrogens is 216 g/mol. The summed E-state index contributed by atoms with van der Waals surface area (Å²) in [5, 5.41) is 21.4. The second kappa shape index (κ2) is 6.69. The molecule has 3 N–H and O–H groups in total. The number of hydrogen-bond donors (Lipinski definition) is 3. The van der Waals surface area contributed by atoms with Crippen LogP contribution in [0.15, 0.2) is 0 Å². The van der Waals surface area contributed by atoms with E-state index in [0.29, 0.717) is 6.54 Å². The van der Waals surface area contributed by atoms with E-state index in [-0.39, 0.29) is 12.1 Å². The van der Waals surface area contributed by atoms with E-state index in [2.05, 4.69) is 31.2 Å². The molecule has 0 saturated heterocycles. The van der Waals surface area contributed by atoms with Crippen LogP contribution in [0.1, 0.15) is 32.6 Å². The quantitative estimate of drug-likeness (QED) is 0.634. The molecule has 1 fully saturated rings. The summed E-state index contributed by atoms with van der Waals surface area (Å²) < 4.78 is 0. The van der Waals surface area contributed by atoms with Gasteiger partial charge in [0.15, 0.2) is 0 Å². The maximum atomic E-state index is 9.34. The van der Waals surface area contributed by atoms with Crippen LogP contribution in [0.25, 0.3) is 0 Å². The molecule has 3 atom stereocenters. The number of rotatable bonds is 6. The molecule has 1 aliphatic carbocycles. The Balaban J connectivity index is 2.47. The van der Waals surface area contributed by atoms with Gasteiger partial charge in [-0.3, -0.25) is 0 Å². The highest BCUT2D eigenvalue weighted by Crippen LogP contribution is 2.35. The summed E-state index contributed by atoms with van der Waals surface area (Å²) in [4.78, 5) is 2.32. The Morgan fingerprint density at radius 1 is 1.47 bits per heavy atom. The lowest BCUT2D eigenvalue weighted by Crippen LogP contribution is -2.55. The minimum atomic E-state index is -0.643. The summed E-state index contributed by atoms with van der Waals surface area (Å²) in [5.74, 6) is 0.774. The largest absolute Gasteiger partial charge is 0.394 e. The first kappa shape index (κ1) is 14.9. The van der Waals surface area contributed by atoms with Crippen LogP contribution in [0.4, 0.5) is 0 Å². The summed E-state index contributed by atoms with van der Waals surface area (Å²) in [7, 11) is 4.28. The zero-order valence-corrected chi connectivity index (χ0v) is 11.4. The zero-order valence-electron chi connectivity index (χ0n) is 11.4. The van der Waals surface area contributed by atoms with Crippen molar-refractivity contribution in [3.05, 3.63) is 0 Å². The molecule has 0 radical (unpaired) electrons. The van der Waals surface area contributed by atoms with Gasteiger partial charge in [0.05, 0.1) is 12.7 Å². The summed E-state index contributed by atoms with van der Waals surface area (Å²) >= 11 is 0. The minimum Gasteiger partial charge on any atom is -0.394 e. The molecule has 0 heterocycles. The van der Waals surface area contributed by atoms with Gasteiger partial charge in [-0.1, -0.05) is 19.8 Å². The maximum absolute atomic E-state index is 9.34. The van der Waals surface area contributed by atoms with Crippen molar-refractivity contribution in [3.63, 3.8) is 0 Å². The fourth-order valence-corrected chi connectivity index (χ4v) is 2.89. The van der Waals surface area contributed by atoms with E-state index in [1.165, 1.54) is 25.7 Å². The van der Waals surface area contributed by atoms with Gasteiger partial charge < -0.3 is 20.4 Å². The molecular formula is C13H28N2O2. The van der Waals surface area contributed by atoms with Gasteiger partial charge in [0, 0.05) is 18.6 Å². The number of nitrogens with zero attached hydrogens (tertiary/aromatic N) is 1. The van der Waals surface area contributed by atoms with E-state index < -0.39 is 6.10 Å². The molecule has 0 spiro atoms. The Labute approximate surface area is 105 Å². The Morgan fingerprint density at radius 2 is 2.18 bits per heavy atom. The molecule has 0 aromatic rings. The van der Waals surface area contributed by atoms with Crippen LogP contribution in [0, 0.1) is 5.92 Å². The van der Waals surface area contributed by atoms with Crippen LogP contribution in [0.5, 0.6) is 0 Å². The van der Waals surface area contributed by atoms with Crippen molar-refractivity contribution in [1.29, 1.82) is 0 Å². The summed E-state index contributed by atoms with van der Waals surface area (Å²) in [6.45, 7) is 3.51. The maximum Gasteiger partial charge on any atom is 0.0894 e. The first-order valence-electron chi connectivity index (χ1n) is 6.67. The second-order valence-electron chi connectivity index (χ2n) is 5.79. The predicted octanol–water partition coefficient (Wildman–Crippen LogP) is 0.440. The highest BCUT2D eigenvalue weighted by Gasteiger charge is 2.36. The van der Waals surface area contributed by atoms with Crippen LogP contribution in [0.3, 0.4) is 0 Å². The summed E-state index contributed by atoms with van der Waals surface area (Å²) in [6, 6.07) is 0. The molecule has 17 heavy (non-hydrogen) atoms. The lowest BCUT2D eigenvalue weighted by atomic mass is 9.75. The first-order chi connectivity index (χ1) is 8.00. The van der Waals surface area contributed by atoms with Gasteiger partial charge in [-0.25, -0.2) is 0 Å². The molecule has 4 heteroatoms. The van der Waals surface area contributed by atoms with Crippen molar-refractivity contribution in [2.75, 3.05) is 33.8 Å². The Bertz CT molecular complexity index is 223. The predicted molar refractivity (Wildman–Crippen MR) is 70.0 cm³/mol. The Morgan fingerprint density at radius 3 is 2.71 bits per heavy atom. The highest BCUT2D eigenvalue weighted by atomic mass is 16.3. The topological polar surface area (TPSA) is 55.7 Å². The number of nitrogens with one attached hydrogen (secondary N) is 1. The summed E-state index contributed by atoms with van der Waals surface area (Å²) in [5.41, 5.74) is 0.215. The van der Waals surface area contributed by atoms with Gasteiger partial charge in [-0.2, -0.15) is 0 Å². The van der Waals surface area contributed by atoms with Crippen molar-refractivity contribution in [2.45, 2.75) is 44.2 Å². The number of aliphatic hydroxyl groups is 2. The molecule has 0 aromatic heterocycles. The molecule has 102 valence electrons. The number of hydrogen-bond acceptors (Lipinski definition) is 4. The Kier molecular flexibility index (Phi) is 5.86. The van der Waals surface area contributed by atoms with Crippen LogP contribution < -0.4 is 5.32 Å². The number of aliphatic hydroxyl groups excluding tert-OH is 2. The van der Waals surface area contributed by atoms with Crippen LogP contribution >= 0.6 is 0 Å². The van der Waals surface area contributed by atoms with Crippen molar-refractivity contribution in [3.8, 4) is 0 Å². The van der Waals surface area contributed by atoms with Gasteiger partial charge in [0.2, 0.25) is 0 Å². The van der Waals surface area contributed by atoms with Gasteiger partial charge in [0.1, 0.15) is 0 Å². The highest BCUT2D eigenvalue weighted by molar-refractivity contribution is 4.94. The van der Waals surface area contributed by atoms with E-state index in [0.717, 1.165) is 12.5 Å². The first-order valence-corrected chi connectivity index (χ1v) is 6.67. The molecule has 1 rings (SSSR count). The molecule has 1 saturated carbocycles. The third kappa shape index (κ3) is 4.21. The zero-order chi connectivity index (χ0) is 12.9. The normalized spacial score (nSPS) is 31.8. The van der Waals surface area contributed by atoms with Gasteiger partial charge in [0.25, 0.3) is 0 Å². The number of likely N-dealkylation sites (N-methyl/N-ethyl adjacent to an activating group) is 1. The van der Waals surface area contributed by atoms with Gasteiger partial charge in [-0.05, 0) is 32.9 Å². The standard InChI is InChI=1S/C13H28N2O2/c1-11-5-4-6-13(7-11,15(2)3)10-14-8-12(17)9-16/h11-12,14,16-17H,4-10H2,1-3H3. The average molecular weight is 244 g/mol. The van der Waals surface area contributed by atoms with E-state index in [1.54, 1.807) is 0 Å². The fraction of sp³-hybridized carbons (Fsp3) is 1.00. The van der Waals surface area contributed by atoms with Crippen molar-refractivity contribution in [2.24, 2.45) is 5.92 Å². The molecule has 0 aromatic carbocycles. The smallest absolute Gasteiger partial charge is 0.0894 e. The van der Waals surface area contributed by atoms with Crippen molar-refractivity contribution in [1.82, 2.24) is 10.2 Å². The molecule has 3 unspecified atom stereocenters. The van der Waals surface area contributed by atoms with Crippen molar-refractivity contribution >= 4 is 0 Å². The van der Waals surface area contributed by atoms with E-state index in [1.807, 2.05) is 0 Å². The lowest BCUT2D eigenvalue weighted by Gasteiger charge is -2.45. The van der Waals surface area contributed by atoms with Crippen LogP contribution in [-0.2, 0) is 0 Å². The van der Waals surface area contributed by atoms with Gasteiger partial charge >= 0.3 is 0 Å². The molecule has 0 bridgehead atoms. The molecule has 0 amide bonds. The van der Waals surface area contributed by atoms with Crippen LogP contribution in [-0.4, -0.2) is 60.5 Å². The van der Waals surface area contributed by atoms with Crippen molar-refractivity contribution < 1.29 is 10.2 Å². The van der Waals surface area contributed by atoms with Gasteiger partial charge in [-0.15, -0.1) is 0 Å². The minimum absolute atomic E-state index is 0.168. The lowest BCUT2D eigenvalue weighted by molar-refractivity contribution is 0.0611. The third-order valence-electron chi connectivity index (χ3n) is 4.06.